The first-order chi connectivity index (χ1) is 12.8. The van der Waals surface area contributed by atoms with Crippen molar-refractivity contribution in [2.24, 2.45) is 0 Å². The number of carbonyl (C=O) groups is 3. The van der Waals surface area contributed by atoms with Gasteiger partial charge in [-0.05, 0) is 23.8 Å². The van der Waals surface area contributed by atoms with Crippen molar-refractivity contribution in [3.05, 3.63) is 28.7 Å². The van der Waals surface area contributed by atoms with Gasteiger partial charge in [-0.15, -0.1) is 0 Å². The highest BCUT2D eigenvalue weighted by atomic mass is 32.2. The van der Waals surface area contributed by atoms with Gasteiger partial charge in [-0.3, -0.25) is 19.3 Å². The lowest BCUT2D eigenvalue weighted by Crippen LogP contribution is -2.35. The summed E-state index contributed by atoms with van der Waals surface area (Å²) in [7, 11) is 3.06. The van der Waals surface area contributed by atoms with Crippen molar-refractivity contribution < 1.29 is 29.0 Å². The lowest BCUT2D eigenvalue weighted by atomic mass is 10.2. The molecule has 1 aliphatic rings. The number of thiocarbonyl (C=S) groups is 1. The first kappa shape index (κ1) is 20.7. The van der Waals surface area contributed by atoms with Crippen LogP contribution in [0.2, 0.25) is 0 Å². The summed E-state index contributed by atoms with van der Waals surface area (Å²) < 4.78 is 10.8. The second-order valence-corrected chi connectivity index (χ2v) is 7.04. The first-order valence-electron chi connectivity index (χ1n) is 7.81. The zero-order chi connectivity index (χ0) is 20.0. The number of nitrogens with one attached hydrogen (secondary N) is 1. The molecular weight excluding hydrogens is 392 g/mol. The van der Waals surface area contributed by atoms with Gasteiger partial charge >= 0.3 is 5.97 Å². The maximum absolute atomic E-state index is 12.5. The highest BCUT2D eigenvalue weighted by Gasteiger charge is 2.32. The van der Waals surface area contributed by atoms with Gasteiger partial charge in [0.2, 0.25) is 5.91 Å². The Kier molecular flexibility index (Phi) is 7.19. The average Bonchev–Trinajstić information content (AvgIpc) is 2.91. The SMILES string of the molecule is COc1ccc(C=C2SC(=S)N(CCC(=O)NCC(=O)O)C2=O)cc1OC. The lowest BCUT2D eigenvalue weighted by molar-refractivity contribution is -0.138. The van der Waals surface area contributed by atoms with Crippen LogP contribution in [0, 0.1) is 0 Å². The fourth-order valence-corrected chi connectivity index (χ4v) is 3.57. The largest absolute Gasteiger partial charge is 0.493 e. The van der Waals surface area contributed by atoms with Crippen LogP contribution in [0.3, 0.4) is 0 Å². The standard InChI is InChI=1S/C17H18N2O6S2/c1-24-11-4-3-10(7-12(11)25-2)8-13-16(23)19(17(26)27-13)6-5-14(20)18-9-15(21)22/h3-4,7-8H,5-6,9H2,1-2H3,(H,18,20)(H,21,22). The maximum atomic E-state index is 12.5. The fourth-order valence-electron chi connectivity index (χ4n) is 2.26. The van der Waals surface area contributed by atoms with Crippen molar-refractivity contribution >= 4 is 52.2 Å². The number of nitrogens with zero attached hydrogens (tertiary/aromatic N) is 1. The summed E-state index contributed by atoms with van der Waals surface area (Å²) in [5.74, 6) is -0.778. The van der Waals surface area contributed by atoms with Gasteiger partial charge in [-0.25, -0.2) is 0 Å². The van der Waals surface area contributed by atoms with Crippen LogP contribution < -0.4 is 14.8 Å². The topological polar surface area (TPSA) is 105 Å². The van der Waals surface area contributed by atoms with E-state index in [1.165, 1.54) is 19.1 Å². The van der Waals surface area contributed by atoms with E-state index in [-0.39, 0.29) is 18.9 Å². The molecule has 0 aromatic heterocycles. The Morgan fingerprint density at radius 1 is 1.30 bits per heavy atom. The van der Waals surface area contributed by atoms with E-state index in [9.17, 15) is 14.4 Å². The molecule has 10 heteroatoms. The molecule has 27 heavy (non-hydrogen) atoms. The van der Waals surface area contributed by atoms with Gasteiger partial charge in [0.15, 0.2) is 11.5 Å². The van der Waals surface area contributed by atoms with Gasteiger partial charge in [-0.2, -0.15) is 0 Å². The van der Waals surface area contributed by atoms with Crippen LogP contribution in [0.1, 0.15) is 12.0 Å². The van der Waals surface area contributed by atoms with Gasteiger partial charge in [0.05, 0.1) is 19.1 Å². The lowest BCUT2D eigenvalue weighted by Gasteiger charge is -2.13. The number of benzene rings is 1. The third-order valence-electron chi connectivity index (χ3n) is 3.58. The molecule has 2 rings (SSSR count). The molecule has 1 aromatic carbocycles. The number of ether oxygens (including phenoxy) is 2. The molecule has 1 fully saturated rings. The van der Waals surface area contributed by atoms with E-state index in [0.717, 1.165) is 17.3 Å². The van der Waals surface area contributed by atoms with E-state index in [1.54, 1.807) is 24.3 Å². The summed E-state index contributed by atoms with van der Waals surface area (Å²) in [5.41, 5.74) is 0.743. The van der Waals surface area contributed by atoms with E-state index in [0.29, 0.717) is 20.7 Å². The molecule has 1 aromatic rings. The highest BCUT2D eigenvalue weighted by molar-refractivity contribution is 8.26. The minimum Gasteiger partial charge on any atom is -0.493 e. The minimum absolute atomic E-state index is 0.0383. The summed E-state index contributed by atoms with van der Waals surface area (Å²) in [5, 5.41) is 10.8. The molecule has 0 aliphatic carbocycles. The van der Waals surface area contributed by atoms with E-state index >= 15 is 0 Å². The van der Waals surface area contributed by atoms with Crippen molar-refractivity contribution in [1.82, 2.24) is 10.2 Å². The number of hydrogen-bond donors (Lipinski definition) is 2. The van der Waals surface area contributed by atoms with Gasteiger partial charge in [-0.1, -0.05) is 30.0 Å². The molecular formula is C17H18N2O6S2. The molecule has 0 bridgehead atoms. The summed E-state index contributed by atoms with van der Waals surface area (Å²) in [6, 6.07) is 5.26. The summed E-state index contributed by atoms with van der Waals surface area (Å²) in [4.78, 5) is 36.4. The molecule has 0 saturated carbocycles. The van der Waals surface area contributed by atoms with Crippen LogP contribution >= 0.6 is 24.0 Å². The fraction of sp³-hybridized carbons (Fsp3) is 0.294. The Hall–Kier alpha value is -2.59. The summed E-state index contributed by atoms with van der Waals surface area (Å²) in [6.07, 6.45) is 1.65. The van der Waals surface area contributed by atoms with E-state index < -0.39 is 18.4 Å². The quantitative estimate of drug-likeness (QED) is 0.491. The number of hydrogen-bond acceptors (Lipinski definition) is 7. The average molecular weight is 410 g/mol. The molecule has 1 heterocycles. The number of amides is 2. The van der Waals surface area contributed by atoms with Gasteiger partial charge in [0, 0.05) is 13.0 Å². The van der Waals surface area contributed by atoms with E-state index in [1.807, 2.05) is 0 Å². The van der Waals surface area contributed by atoms with Gasteiger partial charge < -0.3 is 19.9 Å². The Morgan fingerprint density at radius 3 is 2.63 bits per heavy atom. The monoisotopic (exact) mass is 410 g/mol. The number of aliphatic carboxylic acids is 1. The third kappa shape index (κ3) is 5.44. The Morgan fingerprint density at radius 2 is 2.00 bits per heavy atom. The number of carboxylic acids is 1. The number of carboxylic acid groups (broad SMARTS) is 1. The molecule has 2 amide bonds. The predicted molar refractivity (Wildman–Crippen MR) is 105 cm³/mol. The Labute approximate surface area is 165 Å². The zero-order valence-corrected chi connectivity index (χ0v) is 16.3. The molecule has 0 spiro atoms. The normalized spacial score (nSPS) is 15.2. The zero-order valence-electron chi connectivity index (χ0n) is 14.7. The highest BCUT2D eigenvalue weighted by Crippen LogP contribution is 2.34. The Balaban J connectivity index is 2.05. The molecule has 0 unspecified atom stereocenters. The molecule has 8 nitrogen and oxygen atoms in total. The van der Waals surface area contributed by atoms with Crippen molar-refractivity contribution in [2.45, 2.75) is 6.42 Å². The van der Waals surface area contributed by atoms with Crippen LogP contribution in [0.25, 0.3) is 6.08 Å². The first-order valence-corrected chi connectivity index (χ1v) is 9.04. The van der Waals surface area contributed by atoms with Crippen molar-refractivity contribution in [1.29, 1.82) is 0 Å². The van der Waals surface area contributed by atoms with Crippen molar-refractivity contribution in [2.75, 3.05) is 27.3 Å². The van der Waals surface area contributed by atoms with Crippen LogP contribution in [0.4, 0.5) is 0 Å². The molecule has 1 aliphatic heterocycles. The predicted octanol–water partition coefficient (Wildman–Crippen LogP) is 1.50. The van der Waals surface area contributed by atoms with Crippen molar-refractivity contribution in [3.63, 3.8) is 0 Å². The minimum atomic E-state index is -1.13. The summed E-state index contributed by atoms with van der Waals surface area (Å²) in [6.45, 7) is -0.379. The number of methoxy groups -OCH3 is 2. The van der Waals surface area contributed by atoms with Gasteiger partial charge in [0.1, 0.15) is 10.9 Å². The van der Waals surface area contributed by atoms with Crippen LogP contribution in [0.5, 0.6) is 11.5 Å². The number of thioether (sulfide) groups is 1. The third-order valence-corrected chi connectivity index (χ3v) is 4.96. The second-order valence-electron chi connectivity index (χ2n) is 5.37. The molecule has 1 saturated heterocycles. The van der Waals surface area contributed by atoms with Crippen molar-refractivity contribution in [3.8, 4) is 11.5 Å². The number of carbonyl (C=O) groups excluding carboxylic acids is 2. The van der Waals surface area contributed by atoms with Crippen LogP contribution in [-0.4, -0.2) is 59.4 Å². The Bertz CT molecular complexity index is 809. The van der Waals surface area contributed by atoms with E-state index in [2.05, 4.69) is 5.32 Å². The smallest absolute Gasteiger partial charge is 0.322 e. The van der Waals surface area contributed by atoms with Crippen LogP contribution in [0.15, 0.2) is 23.1 Å². The van der Waals surface area contributed by atoms with Gasteiger partial charge in [0.25, 0.3) is 5.91 Å². The van der Waals surface area contributed by atoms with Crippen LogP contribution in [-0.2, 0) is 14.4 Å². The maximum Gasteiger partial charge on any atom is 0.322 e. The number of rotatable bonds is 8. The molecule has 144 valence electrons. The molecule has 0 radical (unpaired) electrons. The van der Waals surface area contributed by atoms with E-state index in [4.69, 9.17) is 26.8 Å². The second kappa shape index (κ2) is 9.38. The summed E-state index contributed by atoms with van der Waals surface area (Å²) >= 11 is 6.35. The molecule has 0 atom stereocenters. The molecule has 2 N–H and O–H groups in total.